The first-order valence-corrected chi connectivity index (χ1v) is 9.71. The van der Waals surface area contributed by atoms with Crippen molar-refractivity contribution in [2.45, 2.75) is 46.8 Å². The van der Waals surface area contributed by atoms with E-state index in [0.717, 1.165) is 5.56 Å². The van der Waals surface area contributed by atoms with Crippen molar-refractivity contribution in [2.24, 2.45) is 4.99 Å². The molecule has 0 aliphatic rings. The van der Waals surface area contributed by atoms with Crippen molar-refractivity contribution in [2.75, 3.05) is 0 Å². The Labute approximate surface area is 119 Å². The van der Waals surface area contributed by atoms with Crippen molar-refractivity contribution in [3.63, 3.8) is 0 Å². The number of rotatable bonds is 5. The van der Waals surface area contributed by atoms with E-state index in [1.54, 1.807) is 0 Å². The average Bonchev–Trinajstić information content (AvgIpc) is 2.24. The highest BCUT2D eigenvalue weighted by molar-refractivity contribution is 6.70. The third kappa shape index (κ3) is 6.39. The van der Waals surface area contributed by atoms with Crippen LogP contribution in [-0.4, -0.2) is 14.5 Å². The fourth-order valence-corrected chi connectivity index (χ4v) is 2.44. The summed E-state index contributed by atoms with van der Waals surface area (Å²) in [4.78, 5) is 4.32. The number of benzene rings is 1. The standard InChI is InChI=1S/C15H23NOSi.CH4/c1-12(2)15-10-8-7-9-14(15)11-16-13(3)17-18(4,5)6;/h7-12H,3H2,1-2,4-6H3;1H4. The van der Waals surface area contributed by atoms with E-state index in [1.165, 1.54) is 5.56 Å². The van der Waals surface area contributed by atoms with Crippen LogP contribution in [0.15, 0.2) is 41.7 Å². The Bertz CT molecular complexity index is 444. The molecule has 1 rings (SSSR count). The molecule has 0 amide bonds. The fourth-order valence-electron chi connectivity index (χ4n) is 1.68. The molecule has 0 fully saturated rings. The molecule has 0 atom stereocenters. The van der Waals surface area contributed by atoms with Crippen molar-refractivity contribution < 1.29 is 4.43 Å². The van der Waals surface area contributed by atoms with Gasteiger partial charge in [-0.05, 0) is 43.3 Å². The summed E-state index contributed by atoms with van der Waals surface area (Å²) in [6, 6.07) is 8.28. The first-order valence-electron chi connectivity index (χ1n) is 6.30. The molecule has 3 heteroatoms. The molecule has 0 N–H and O–H groups in total. The van der Waals surface area contributed by atoms with E-state index in [2.05, 4.69) is 63.3 Å². The monoisotopic (exact) mass is 277 g/mol. The van der Waals surface area contributed by atoms with Gasteiger partial charge >= 0.3 is 0 Å². The van der Waals surface area contributed by atoms with Crippen LogP contribution < -0.4 is 0 Å². The molecule has 0 radical (unpaired) electrons. The molecule has 0 aromatic heterocycles. The third-order valence-corrected chi connectivity index (χ3v) is 3.24. The maximum absolute atomic E-state index is 5.71. The second-order valence-electron chi connectivity index (χ2n) is 5.65. The van der Waals surface area contributed by atoms with Gasteiger partial charge in [-0.2, -0.15) is 0 Å². The average molecular weight is 277 g/mol. The molecule has 0 heterocycles. The van der Waals surface area contributed by atoms with E-state index >= 15 is 0 Å². The van der Waals surface area contributed by atoms with Crippen molar-refractivity contribution >= 4 is 14.5 Å². The summed E-state index contributed by atoms with van der Waals surface area (Å²) in [5.74, 6) is 0.992. The summed E-state index contributed by atoms with van der Waals surface area (Å²) in [6.07, 6.45) is 1.85. The first kappa shape index (κ1) is 17.6. The lowest BCUT2D eigenvalue weighted by Gasteiger charge is -2.18. The van der Waals surface area contributed by atoms with Crippen molar-refractivity contribution in [1.82, 2.24) is 0 Å². The van der Waals surface area contributed by atoms with E-state index in [9.17, 15) is 0 Å². The summed E-state index contributed by atoms with van der Waals surface area (Å²) in [6.45, 7) is 14.6. The van der Waals surface area contributed by atoms with Crippen LogP contribution in [0.25, 0.3) is 0 Å². The van der Waals surface area contributed by atoms with E-state index in [0.29, 0.717) is 11.8 Å². The first-order chi connectivity index (χ1) is 8.29. The van der Waals surface area contributed by atoms with Gasteiger partial charge in [-0.1, -0.05) is 45.5 Å². The van der Waals surface area contributed by atoms with Gasteiger partial charge in [0.05, 0.1) is 0 Å². The van der Waals surface area contributed by atoms with Gasteiger partial charge < -0.3 is 4.43 Å². The highest BCUT2D eigenvalue weighted by atomic mass is 28.4. The summed E-state index contributed by atoms with van der Waals surface area (Å²) in [5.41, 5.74) is 2.43. The van der Waals surface area contributed by atoms with E-state index in [4.69, 9.17) is 4.43 Å². The summed E-state index contributed by atoms with van der Waals surface area (Å²) in [5, 5.41) is 0. The summed E-state index contributed by atoms with van der Waals surface area (Å²) in [7, 11) is -1.61. The highest BCUT2D eigenvalue weighted by Crippen LogP contribution is 2.18. The third-order valence-electron chi connectivity index (χ3n) is 2.39. The smallest absolute Gasteiger partial charge is 0.244 e. The maximum Gasteiger partial charge on any atom is 0.244 e. The van der Waals surface area contributed by atoms with Crippen LogP contribution in [0, 0.1) is 0 Å². The lowest BCUT2D eigenvalue weighted by molar-refractivity contribution is 0.421. The minimum atomic E-state index is -1.61. The summed E-state index contributed by atoms with van der Waals surface area (Å²) >= 11 is 0. The minimum Gasteiger partial charge on any atom is -0.532 e. The summed E-state index contributed by atoms with van der Waals surface area (Å²) < 4.78 is 5.71. The van der Waals surface area contributed by atoms with Crippen molar-refractivity contribution in [3.8, 4) is 0 Å². The molecule has 0 spiro atoms. The predicted molar refractivity (Wildman–Crippen MR) is 88.4 cm³/mol. The molecule has 0 saturated heterocycles. The van der Waals surface area contributed by atoms with Crippen LogP contribution in [0.2, 0.25) is 19.6 Å². The molecule has 0 aliphatic carbocycles. The van der Waals surface area contributed by atoms with Gasteiger partial charge in [0, 0.05) is 6.21 Å². The second-order valence-corrected chi connectivity index (χ2v) is 10.1. The van der Waals surface area contributed by atoms with Crippen molar-refractivity contribution in [3.05, 3.63) is 47.9 Å². The van der Waals surface area contributed by atoms with Gasteiger partial charge in [-0.3, -0.25) is 0 Å². The zero-order valence-corrected chi connectivity index (χ0v) is 13.0. The Hall–Kier alpha value is -1.35. The molecular formula is C16H27NOSi. The molecule has 0 saturated carbocycles. The highest BCUT2D eigenvalue weighted by Gasteiger charge is 2.16. The molecule has 106 valence electrons. The maximum atomic E-state index is 5.71. The lowest BCUT2D eigenvalue weighted by atomic mass is 9.98. The van der Waals surface area contributed by atoms with Crippen molar-refractivity contribution in [1.29, 1.82) is 0 Å². The molecule has 1 aromatic rings. The number of hydrogen-bond donors (Lipinski definition) is 0. The van der Waals surface area contributed by atoms with Crippen LogP contribution in [0.1, 0.15) is 38.3 Å². The zero-order valence-electron chi connectivity index (χ0n) is 12.0. The lowest BCUT2D eigenvalue weighted by Crippen LogP contribution is -2.24. The number of aliphatic imine (C=N–C) groups is 1. The Morgan fingerprint density at radius 2 is 1.84 bits per heavy atom. The van der Waals surface area contributed by atoms with Crippen LogP contribution in [0.5, 0.6) is 0 Å². The number of nitrogens with zero attached hydrogens (tertiary/aromatic N) is 1. The quantitative estimate of drug-likeness (QED) is 0.412. The van der Waals surface area contributed by atoms with Gasteiger partial charge in [-0.15, -0.1) is 0 Å². The SMILES string of the molecule is C.C=C(N=Cc1ccccc1C(C)C)O[Si](C)(C)C. The largest absolute Gasteiger partial charge is 0.532 e. The predicted octanol–water partition coefficient (Wildman–Crippen LogP) is 5.19. The molecule has 1 aromatic carbocycles. The van der Waals surface area contributed by atoms with Crippen LogP contribution in [-0.2, 0) is 4.43 Å². The van der Waals surface area contributed by atoms with E-state index in [-0.39, 0.29) is 7.43 Å². The molecular weight excluding hydrogens is 250 g/mol. The van der Waals surface area contributed by atoms with Crippen LogP contribution in [0.3, 0.4) is 0 Å². The van der Waals surface area contributed by atoms with Gasteiger partial charge in [0.25, 0.3) is 0 Å². The topological polar surface area (TPSA) is 21.6 Å². The molecule has 19 heavy (non-hydrogen) atoms. The normalized spacial score (nSPS) is 11.5. The Balaban J connectivity index is 0.00000324. The zero-order chi connectivity index (χ0) is 13.8. The number of hydrogen-bond acceptors (Lipinski definition) is 2. The Morgan fingerprint density at radius 1 is 1.26 bits per heavy atom. The second kappa shape index (κ2) is 7.29. The Morgan fingerprint density at radius 3 is 2.37 bits per heavy atom. The minimum absolute atomic E-state index is 0. The fraction of sp³-hybridized carbons (Fsp3) is 0.438. The van der Waals surface area contributed by atoms with Gasteiger partial charge in [0.2, 0.25) is 8.32 Å². The molecule has 0 bridgehead atoms. The molecule has 0 unspecified atom stereocenters. The van der Waals surface area contributed by atoms with Crippen LogP contribution in [0.4, 0.5) is 0 Å². The van der Waals surface area contributed by atoms with E-state index < -0.39 is 8.32 Å². The van der Waals surface area contributed by atoms with E-state index in [1.807, 2.05) is 12.3 Å². The molecule has 2 nitrogen and oxygen atoms in total. The van der Waals surface area contributed by atoms with Gasteiger partial charge in [0.1, 0.15) is 0 Å². The van der Waals surface area contributed by atoms with Gasteiger partial charge in [-0.25, -0.2) is 4.99 Å². The van der Waals surface area contributed by atoms with Crippen LogP contribution >= 0.6 is 0 Å². The molecule has 0 aliphatic heterocycles. The van der Waals surface area contributed by atoms with Gasteiger partial charge in [0.15, 0.2) is 5.88 Å². The Kier molecular flexibility index (Phi) is 6.77.